The number of rotatable bonds is 5. The van der Waals surface area contributed by atoms with Crippen LogP contribution in [0.15, 0.2) is 35.0 Å². The standard InChI is InChI=1S/C15H17F2NS/c1-10(7-12-5-6-19-9-12)18-11(2)14-8-13(16)3-4-15(14)17/h3-6,8-11,18H,7H2,1-2H3. The number of benzene rings is 1. The smallest absolute Gasteiger partial charge is 0.128 e. The van der Waals surface area contributed by atoms with Gasteiger partial charge in [-0.25, -0.2) is 8.78 Å². The molecule has 1 aromatic carbocycles. The third-order valence-electron chi connectivity index (χ3n) is 3.08. The van der Waals surface area contributed by atoms with E-state index >= 15 is 0 Å². The minimum atomic E-state index is -0.407. The largest absolute Gasteiger partial charge is 0.307 e. The molecule has 2 atom stereocenters. The average molecular weight is 281 g/mol. The Morgan fingerprint density at radius 3 is 2.68 bits per heavy atom. The molecule has 1 heterocycles. The number of thiophene rings is 1. The lowest BCUT2D eigenvalue weighted by Gasteiger charge is -2.20. The molecular weight excluding hydrogens is 264 g/mol. The molecule has 0 aliphatic carbocycles. The molecule has 1 N–H and O–H groups in total. The van der Waals surface area contributed by atoms with Crippen molar-refractivity contribution in [1.29, 1.82) is 0 Å². The normalized spacial score (nSPS) is 14.3. The monoisotopic (exact) mass is 281 g/mol. The predicted molar refractivity (Wildman–Crippen MR) is 75.4 cm³/mol. The van der Waals surface area contributed by atoms with Gasteiger partial charge in [0.1, 0.15) is 11.6 Å². The molecular formula is C15H17F2NS. The van der Waals surface area contributed by atoms with E-state index in [0.29, 0.717) is 5.56 Å². The number of hydrogen-bond acceptors (Lipinski definition) is 2. The number of nitrogens with one attached hydrogen (secondary N) is 1. The van der Waals surface area contributed by atoms with Crippen molar-refractivity contribution in [2.75, 3.05) is 0 Å². The lowest BCUT2D eigenvalue weighted by Crippen LogP contribution is -2.31. The topological polar surface area (TPSA) is 12.0 Å². The average Bonchev–Trinajstić information content (AvgIpc) is 2.84. The van der Waals surface area contributed by atoms with Gasteiger partial charge < -0.3 is 5.32 Å². The third kappa shape index (κ3) is 3.85. The Kier molecular flexibility index (Phi) is 4.66. The van der Waals surface area contributed by atoms with Gasteiger partial charge >= 0.3 is 0 Å². The molecule has 0 saturated heterocycles. The van der Waals surface area contributed by atoms with Crippen molar-refractivity contribution in [3.05, 3.63) is 57.8 Å². The summed E-state index contributed by atoms with van der Waals surface area (Å²) in [6, 6.07) is 5.63. The lowest BCUT2D eigenvalue weighted by molar-refractivity contribution is 0.457. The van der Waals surface area contributed by atoms with Gasteiger partial charge in [0.15, 0.2) is 0 Å². The van der Waals surface area contributed by atoms with Crippen LogP contribution < -0.4 is 5.32 Å². The van der Waals surface area contributed by atoms with E-state index in [0.717, 1.165) is 12.5 Å². The zero-order valence-electron chi connectivity index (χ0n) is 11.0. The second-order valence-corrected chi connectivity index (χ2v) is 5.57. The van der Waals surface area contributed by atoms with Gasteiger partial charge in [-0.1, -0.05) is 0 Å². The van der Waals surface area contributed by atoms with Gasteiger partial charge in [0, 0.05) is 17.6 Å². The molecule has 0 fully saturated rings. The maximum atomic E-state index is 13.6. The fraction of sp³-hybridized carbons (Fsp3) is 0.333. The minimum absolute atomic E-state index is 0.201. The zero-order valence-corrected chi connectivity index (χ0v) is 11.8. The summed E-state index contributed by atoms with van der Waals surface area (Å²) in [6.45, 7) is 3.90. The highest BCUT2D eigenvalue weighted by molar-refractivity contribution is 7.07. The third-order valence-corrected chi connectivity index (χ3v) is 3.81. The fourth-order valence-corrected chi connectivity index (χ4v) is 2.87. The van der Waals surface area contributed by atoms with Crippen molar-refractivity contribution in [2.45, 2.75) is 32.4 Å². The summed E-state index contributed by atoms with van der Waals surface area (Å²) in [5, 5.41) is 7.44. The molecule has 19 heavy (non-hydrogen) atoms. The van der Waals surface area contributed by atoms with Crippen molar-refractivity contribution in [1.82, 2.24) is 5.32 Å². The van der Waals surface area contributed by atoms with Gasteiger partial charge in [0.05, 0.1) is 0 Å². The first-order chi connectivity index (χ1) is 9.06. The predicted octanol–water partition coefficient (Wildman–Crippen LogP) is 4.31. The van der Waals surface area contributed by atoms with Crippen molar-refractivity contribution in [3.63, 3.8) is 0 Å². The molecule has 0 spiro atoms. The molecule has 0 radical (unpaired) electrons. The van der Waals surface area contributed by atoms with E-state index in [1.54, 1.807) is 11.3 Å². The molecule has 1 nitrogen and oxygen atoms in total. The molecule has 0 saturated carbocycles. The first kappa shape index (κ1) is 14.2. The Hall–Kier alpha value is -1.26. The molecule has 1 aromatic heterocycles. The van der Waals surface area contributed by atoms with Gasteiger partial charge in [-0.3, -0.25) is 0 Å². The maximum absolute atomic E-state index is 13.6. The van der Waals surface area contributed by atoms with E-state index in [9.17, 15) is 8.78 Å². The SMILES string of the molecule is CC(Cc1ccsc1)NC(C)c1cc(F)ccc1F. The quantitative estimate of drug-likeness (QED) is 0.861. The van der Waals surface area contributed by atoms with Crippen LogP contribution in [0.1, 0.15) is 31.0 Å². The van der Waals surface area contributed by atoms with Crippen LogP contribution >= 0.6 is 11.3 Å². The highest BCUT2D eigenvalue weighted by Gasteiger charge is 2.14. The summed E-state index contributed by atoms with van der Waals surface area (Å²) in [5.41, 5.74) is 1.63. The summed E-state index contributed by atoms with van der Waals surface area (Å²) < 4.78 is 26.8. The second kappa shape index (κ2) is 6.26. The van der Waals surface area contributed by atoms with Crippen molar-refractivity contribution < 1.29 is 8.78 Å². The molecule has 2 aromatic rings. The van der Waals surface area contributed by atoms with Crippen LogP contribution in [0.4, 0.5) is 8.78 Å². The summed E-state index contributed by atoms with van der Waals surface area (Å²) in [4.78, 5) is 0. The van der Waals surface area contributed by atoms with Crippen molar-refractivity contribution in [2.24, 2.45) is 0 Å². The molecule has 4 heteroatoms. The van der Waals surface area contributed by atoms with Gasteiger partial charge in [-0.15, -0.1) is 0 Å². The molecule has 0 amide bonds. The maximum Gasteiger partial charge on any atom is 0.128 e. The summed E-state index contributed by atoms with van der Waals surface area (Å²) in [5.74, 6) is -0.778. The second-order valence-electron chi connectivity index (χ2n) is 4.79. The van der Waals surface area contributed by atoms with E-state index in [-0.39, 0.29) is 17.9 Å². The number of halogens is 2. The van der Waals surface area contributed by atoms with Crippen LogP contribution in [0.2, 0.25) is 0 Å². The molecule has 2 rings (SSSR count). The molecule has 2 unspecified atom stereocenters. The van der Waals surface area contributed by atoms with Crippen molar-refractivity contribution >= 4 is 11.3 Å². The first-order valence-corrected chi connectivity index (χ1v) is 7.22. The van der Waals surface area contributed by atoms with E-state index in [2.05, 4.69) is 16.8 Å². The van der Waals surface area contributed by atoms with Gasteiger partial charge in [-0.2, -0.15) is 11.3 Å². The summed E-state index contributed by atoms with van der Waals surface area (Å²) in [6.07, 6.45) is 0.880. The van der Waals surface area contributed by atoms with Gasteiger partial charge in [0.2, 0.25) is 0 Å². The molecule has 0 aliphatic heterocycles. The Morgan fingerprint density at radius 1 is 1.21 bits per heavy atom. The van der Waals surface area contributed by atoms with Crippen molar-refractivity contribution in [3.8, 4) is 0 Å². The van der Waals surface area contributed by atoms with Crippen LogP contribution in [0.25, 0.3) is 0 Å². The van der Waals surface area contributed by atoms with E-state index in [4.69, 9.17) is 0 Å². The zero-order chi connectivity index (χ0) is 13.8. The van der Waals surface area contributed by atoms with Gasteiger partial charge in [-0.05, 0) is 60.9 Å². The summed E-state index contributed by atoms with van der Waals surface area (Å²) in [7, 11) is 0. The lowest BCUT2D eigenvalue weighted by atomic mass is 10.0. The summed E-state index contributed by atoms with van der Waals surface area (Å²) >= 11 is 1.66. The van der Waals surface area contributed by atoms with Crippen LogP contribution in [0, 0.1) is 11.6 Å². The van der Waals surface area contributed by atoms with E-state index in [1.807, 2.05) is 19.2 Å². The van der Waals surface area contributed by atoms with Crippen LogP contribution in [-0.4, -0.2) is 6.04 Å². The van der Waals surface area contributed by atoms with E-state index in [1.165, 1.54) is 17.7 Å². The fourth-order valence-electron chi connectivity index (χ4n) is 2.18. The Labute approximate surface area is 116 Å². The van der Waals surface area contributed by atoms with E-state index < -0.39 is 5.82 Å². The van der Waals surface area contributed by atoms with Gasteiger partial charge in [0.25, 0.3) is 0 Å². The first-order valence-electron chi connectivity index (χ1n) is 6.28. The molecule has 0 aliphatic rings. The Morgan fingerprint density at radius 2 is 2.00 bits per heavy atom. The molecule has 102 valence electrons. The highest BCUT2D eigenvalue weighted by Crippen LogP contribution is 2.19. The van der Waals surface area contributed by atoms with Crippen LogP contribution in [-0.2, 0) is 6.42 Å². The van der Waals surface area contributed by atoms with Crippen LogP contribution in [0.3, 0.4) is 0 Å². The molecule has 0 bridgehead atoms. The minimum Gasteiger partial charge on any atom is -0.307 e. The number of hydrogen-bond donors (Lipinski definition) is 1. The Bertz CT molecular complexity index is 525. The highest BCUT2D eigenvalue weighted by atomic mass is 32.1. The van der Waals surface area contributed by atoms with Crippen LogP contribution in [0.5, 0.6) is 0 Å². The Balaban J connectivity index is 2.00.